The summed E-state index contributed by atoms with van der Waals surface area (Å²) in [7, 11) is -3.54. The summed E-state index contributed by atoms with van der Waals surface area (Å²) in [6.45, 7) is 0. The Balaban J connectivity index is 0. The van der Waals surface area contributed by atoms with Gasteiger partial charge in [0.1, 0.15) is 0 Å². The summed E-state index contributed by atoms with van der Waals surface area (Å²) in [6, 6.07) is 0. The first-order valence-corrected chi connectivity index (χ1v) is 3.75. The lowest BCUT2D eigenvalue weighted by Crippen LogP contribution is -2.30. The normalized spacial score (nSPS) is 14.1. The molecule has 0 saturated carbocycles. The first-order chi connectivity index (χ1) is 4.89. The van der Waals surface area contributed by atoms with Gasteiger partial charge < -0.3 is 21.5 Å². The van der Waals surface area contributed by atoms with E-state index < -0.39 is 23.0 Å². The standard InChI is InChI=1S/C3H8O7S.H3N/c1-9-11(7,8)10-3(6)2(4)5;/h2-6H,1H3;1H3. The van der Waals surface area contributed by atoms with Crippen LogP contribution < -0.4 is 6.15 Å². The molecular formula is C3H11NO7S. The van der Waals surface area contributed by atoms with E-state index in [4.69, 9.17) is 15.3 Å². The minimum atomic E-state index is -4.33. The van der Waals surface area contributed by atoms with Crippen LogP contribution >= 0.6 is 0 Å². The molecule has 0 aliphatic carbocycles. The van der Waals surface area contributed by atoms with Crippen LogP contribution in [-0.2, 0) is 18.8 Å². The highest BCUT2D eigenvalue weighted by atomic mass is 32.3. The lowest BCUT2D eigenvalue weighted by molar-refractivity contribution is -0.195. The fourth-order valence-electron chi connectivity index (χ4n) is 0.210. The Kier molecular flexibility index (Phi) is 6.38. The molecule has 1 unspecified atom stereocenters. The van der Waals surface area contributed by atoms with Gasteiger partial charge in [-0.2, -0.15) is 8.42 Å². The Morgan fingerprint density at radius 2 is 1.67 bits per heavy atom. The minimum absolute atomic E-state index is 0. The average molecular weight is 205 g/mol. The molecule has 0 saturated heterocycles. The van der Waals surface area contributed by atoms with Crippen LogP contribution in [0.5, 0.6) is 0 Å². The van der Waals surface area contributed by atoms with Crippen molar-refractivity contribution in [2.75, 3.05) is 7.11 Å². The fraction of sp³-hybridized carbons (Fsp3) is 1.00. The summed E-state index contributed by atoms with van der Waals surface area (Å²) < 4.78 is 28.0. The van der Waals surface area contributed by atoms with Crippen LogP contribution in [0.25, 0.3) is 0 Å². The number of aliphatic hydroxyl groups excluding tert-OH is 2. The average Bonchev–Trinajstić information content (AvgIpc) is 1.87. The van der Waals surface area contributed by atoms with Crippen molar-refractivity contribution in [1.82, 2.24) is 6.15 Å². The molecule has 9 heteroatoms. The van der Waals surface area contributed by atoms with Crippen molar-refractivity contribution in [3.8, 4) is 0 Å². The molecule has 0 heterocycles. The van der Waals surface area contributed by atoms with Crippen LogP contribution in [0.4, 0.5) is 0 Å². The fourth-order valence-corrected chi connectivity index (χ4v) is 0.629. The number of rotatable bonds is 4. The van der Waals surface area contributed by atoms with Crippen LogP contribution in [0, 0.1) is 0 Å². The molecule has 6 N–H and O–H groups in total. The zero-order valence-corrected chi connectivity index (χ0v) is 7.06. The van der Waals surface area contributed by atoms with Crippen LogP contribution in [0.2, 0.25) is 0 Å². The van der Waals surface area contributed by atoms with Gasteiger partial charge in [0.15, 0.2) is 0 Å². The zero-order chi connectivity index (χ0) is 9.07. The molecule has 76 valence electrons. The molecule has 0 amide bonds. The maximum atomic E-state index is 10.3. The maximum absolute atomic E-state index is 10.3. The molecule has 0 aliphatic rings. The molecule has 0 aromatic rings. The van der Waals surface area contributed by atoms with Crippen molar-refractivity contribution in [2.45, 2.75) is 12.6 Å². The second-order valence-corrected chi connectivity index (χ2v) is 2.82. The highest BCUT2D eigenvalue weighted by Gasteiger charge is 2.21. The minimum Gasteiger partial charge on any atom is -0.364 e. The van der Waals surface area contributed by atoms with Gasteiger partial charge in [-0.05, 0) is 0 Å². The van der Waals surface area contributed by atoms with Crippen molar-refractivity contribution in [3.05, 3.63) is 0 Å². The summed E-state index contributed by atoms with van der Waals surface area (Å²) in [6.07, 6.45) is -4.53. The van der Waals surface area contributed by atoms with Crippen LogP contribution in [0.15, 0.2) is 0 Å². The molecule has 0 bridgehead atoms. The van der Waals surface area contributed by atoms with E-state index in [0.29, 0.717) is 0 Å². The molecule has 0 aliphatic heterocycles. The Morgan fingerprint density at radius 1 is 1.25 bits per heavy atom. The van der Waals surface area contributed by atoms with E-state index in [0.717, 1.165) is 7.11 Å². The Hall–Kier alpha value is -0.290. The zero-order valence-electron chi connectivity index (χ0n) is 6.24. The Labute approximate surface area is 69.3 Å². The number of hydrogen-bond donors (Lipinski definition) is 4. The summed E-state index contributed by atoms with van der Waals surface area (Å²) in [5.41, 5.74) is 0. The highest BCUT2D eigenvalue weighted by molar-refractivity contribution is 7.81. The lowest BCUT2D eigenvalue weighted by atomic mass is 10.6. The third-order valence-electron chi connectivity index (χ3n) is 0.676. The van der Waals surface area contributed by atoms with Crippen molar-refractivity contribution in [1.29, 1.82) is 0 Å². The van der Waals surface area contributed by atoms with Crippen molar-refractivity contribution < 1.29 is 32.1 Å². The first-order valence-electron chi connectivity index (χ1n) is 2.42. The second kappa shape index (κ2) is 5.37. The highest BCUT2D eigenvalue weighted by Crippen LogP contribution is 2.00. The molecule has 0 aromatic heterocycles. The third kappa shape index (κ3) is 5.37. The van der Waals surface area contributed by atoms with Gasteiger partial charge in [0.05, 0.1) is 7.11 Å². The Bertz CT molecular complexity index is 199. The van der Waals surface area contributed by atoms with E-state index in [1.54, 1.807) is 0 Å². The molecule has 0 spiro atoms. The number of aliphatic hydroxyl groups is 3. The van der Waals surface area contributed by atoms with Gasteiger partial charge in [-0.25, -0.2) is 4.18 Å². The van der Waals surface area contributed by atoms with Crippen molar-refractivity contribution >= 4 is 10.4 Å². The largest absolute Gasteiger partial charge is 0.402 e. The predicted molar refractivity (Wildman–Crippen MR) is 36.3 cm³/mol. The number of hydrogen-bond acceptors (Lipinski definition) is 8. The summed E-state index contributed by atoms with van der Waals surface area (Å²) in [5, 5.41) is 24.7. The van der Waals surface area contributed by atoms with E-state index in [9.17, 15) is 8.42 Å². The SMILES string of the molecule is COS(=O)(=O)OC(O)C(O)O.N. The Morgan fingerprint density at radius 3 is 1.92 bits per heavy atom. The van der Waals surface area contributed by atoms with Crippen LogP contribution in [-0.4, -0.2) is 43.4 Å². The second-order valence-electron chi connectivity index (χ2n) is 1.48. The van der Waals surface area contributed by atoms with E-state index in [1.165, 1.54) is 0 Å². The van der Waals surface area contributed by atoms with E-state index in [2.05, 4.69) is 8.37 Å². The van der Waals surface area contributed by atoms with Gasteiger partial charge in [-0.1, -0.05) is 0 Å². The van der Waals surface area contributed by atoms with Gasteiger partial charge in [0.2, 0.25) is 12.6 Å². The summed E-state index contributed by atoms with van der Waals surface area (Å²) in [4.78, 5) is 0. The third-order valence-corrected chi connectivity index (χ3v) is 1.52. The van der Waals surface area contributed by atoms with Crippen LogP contribution in [0.1, 0.15) is 0 Å². The summed E-state index contributed by atoms with van der Waals surface area (Å²) >= 11 is 0. The van der Waals surface area contributed by atoms with Gasteiger partial charge >= 0.3 is 10.4 Å². The maximum Gasteiger partial charge on any atom is 0.402 e. The topological polar surface area (TPSA) is 148 Å². The summed E-state index contributed by atoms with van der Waals surface area (Å²) in [5.74, 6) is 0. The van der Waals surface area contributed by atoms with Crippen molar-refractivity contribution in [2.24, 2.45) is 0 Å². The monoisotopic (exact) mass is 205 g/mol. The quantitative estimate of drug-likeness (QED) is 0.374. The van der Waals surface area contributed by atoms with Gasteiger partial charge in [0.25, 0.3) is 0 Å². The van der Waals surface area contributed by atoms with Gasteiger partial charge in [-0.3, -0.25) is 4.18 Å². The molecule has 0 fully saturated rings. The molecule has 12 heavy (non-hydrogen) atoms. The molecule has 0 radical (unpaired) electrons. The lowest BCUT2D eigenvalue weighted by Gasteiger charge is -2.11. The molecular weight excluding hydrogens is 194 g/mol. The van der Waals surface area contributed by atoms with Crippen molar-refractivity contribution in [3.63, 3.8) is 0 Å². The van der Waals surface area contributed by atoms with E-state index in [-0.39, 0.29) is 6.15 Å². The first kappa shape index (κ1) is 14.2. The molecule has 0 aromatic carbocycles. The van der Waals surface area contributed by atoms with Gasteiger partial charge in [-0.15, -0.1) is 0 Å². The predicted octanol–water partition coefficient (Wildman–Crippen LogP) is -2.31. The van der Waals surface area contributed by atoms with E-state index >= 15 is 0 Å². The molecule has 8 nitrogen and oxygen atoms in total. The van der Waals surface area contributed by atoms with Gasteiger partial charge in [0, 0.05) is 0 Å². The van der Waals surface area contributed by atoms with E-state index in [1.807, 2.05) is 0 Å². The smallest absolute Gasteiger partial charge is 0.364 e. The molecule has 1 atom stereocenters. The van der Waals surface area contributed by atoms with Crippen LogP contribution in [0.3, 0.4) is 0 Å². The molecule has 0 rings (SSSR count).